The van der Waals surface area contributed by atoms with E-state index in [1.54, 1.807) is 16.8 Å². The molecule has 10 heteroatoms. The van der Waals surface area contributed by atoms with Gasteiger partial charge < -0.3 is 9.72 Å². The van der Waals surface area contributed by atoms with E-state index in [0.29, 0.717) is 40.4 Å². The number of benzene rings is 1. The summed E-state index contributed by atoms with van der Waals surface area (Å²) in [6.07, 6.45) is 4.25. The molecule has 3 heterocycles. The Labute approximate surface area is 148 Å². The third kappa shape index (κ3) is 2.64. The molecule has 0 spiro atoms. The lowest BCUT2D eigenvalue weighted by Crippen LogP contribution is -2.30. The standard InChI is InChI=1S/C15H12ClN5O3S/c16-12-1-2-13(15-14(12)9(3-17)4-18-15)20-25(22,23)11-5-19-21(6-11)10-7-24-8-10/h1-2,4-6,10,18,20H,7-8H2. The van der Waals surface area contributed by atoms with Crippen LogP contribution in [0.3, 0.4) is 0 Å². The van der Waals surface area contributed by atoms with Crippen molar-refractivity contribution in [1.82, 2.24) is 14.8 Å². The number of nitrogens with one attached hydrogen (secondary N) is 2. The lowest BCUT2D eigenvalue weighted by Gasteiger charge is -2.25. The first-order valence-corrected chi connectivity index (χ1v) is 9.20. The highest BCUT2D eigenvalue weighted by molar-refractivity contribution is 7.92. The van der Waals surface area contributed by atoms with Gasteiger partial charge in [0.1, 0.15) is 11.0 Å². The molecule has 0 amide bonds. The number of ether oxygens (including phenoxy) is 1. The third-order valence-corrected chi connectivity index (χ3v) is 5.67. The number of fused-ring (bicyclic) bond motifs is 1. The Hall–Kier alpha value is -2.54. The van der Waals surface area contributed by atoms with Gasteiger partial charge >= 0.3 is 0 Å². The van der Waals surface area contributed by atoms with Crippen molar-refractivity contribution in [2.75, 3.05) is 17.9 Å². The first-order chi connectivity index (χ1) is 12.0. The average Bonchev–Trinajstić information content (AvgIpc) is 3.16. The molecule has 1 aliphatic heterocycles. The predicted octanol–water partition coefficient (Wildman–Crippen LogP) is 2.26. The van der Waals surface area contributed by atoms with Crippen molar-refractivity contribution in [2.24, 2.45) is 0 Å². The summed E-state index contributed by atoms with van der Waals surface area (Å²) < 4.78 is 34.5. The molecule has 8 nitrogen and oxygen atoms in total. The van der Waals surface area contributed by atoms with Gasteiger partial charge in [-0.1, -0.05) is 11.6 Å². The van der Waals surface area contributed by atoms with Crippen LogP contribution < -0.4 is 4.72 Å². The normalized spacial score (nSPS) is 15.0. The zero-order chi connectivity index (χ0) is 17.6. The summed E-state index contributed by atoms with van der Waals surface area (Å²) in [5.41, 5.74) is 1.10. The fraction of sp³-hybridized carbons (Fsp3) is 0.200. The highest BCUT2D eigenvalue weighted by Crippen LogP contribution is 2.33. The number of halogens is 1. The second-order valence-electron chi connectivity index (χ2n) is 5.61. The lowest BCUT2D eigenvalue weighted by atomic mass is 10.1. The quantitative estimate of drug-likeness (QED) is 0.724. The van der Waals surface area contributed by atoms with Crippen molar-refractivity contribution < 1.29 is 13.2 Å². The monoisotopic (exact) mass is 377 g/mol. The van der Waals surface area contributed by atoms with Gasteiger partial charge in [0, 0.05) is 17.8 Å². The van der Waals surface area contributed by atoms with E-state index in [9.17, 15) is 8.42 Å². The molecule has 0 atom stereocenters. The summed E-state index contributed by atoms with van der Waals surface area (Å²) in [4.78, 5) is 2.94. The molecule has 1 aromatic carbocycles. The molecule has 2 N–H and O–H groups in total. The maximum atomic E-state index is 12.6. The molecule has 1 fully saturated rings. The zero-order valence-corrected chi connectivity index (χ0v) is 14.3. The van der Waals surface area contributed by atoms with Gasteiger partial charge in [-0.3, -0.25) is 9.40 Å². The van der Waals surface area contributed by atoms with E-state index in [2.05, 4.69) is 14.8 Å². The van der Waals surface area contributed by atoms with E-state index >= 15 is 0 Å². The minimum Gasteiger partial charge on any atom is -0.377 e. The van der Waals surface area contributed by atoms with E-state index in [0.717, 1.165) is 0 Å². The number of hydrogen-bond acceptors (Lipinski definition) is 5. The molecule has 0 unspecified atom stereocenters. The number of H-pyrrole nitrogens is 1. The summed E-state index contributed by atoms with van der Waals surface area (Å²) in [6, 6.07) is 5.18. The molecule has 3 aromatic rings. The van der Waals surface area contributed by atoms with Crippen LogP contribution in [0, 0.1) is 11.3 Å². The summed E-state index contributed by atoms with van der Waals surface area (Å²) in [5.74, 6) is 0. The first kappa shape index (κ1) is 16.0. The fourth-order valence-corrected chi connectivity index (χ4v) is 3.89. The van der Waals surface area contributed by atoms with E-state index < -0.39 is 10.0 Å². The molecule has 1 saturated heterocycles. The number of rotatable bonds is 4. The molecule has 0 saturated carbocycles. The van der Waals surface area contributed by atoms with Crippen molar-refractivity contribution in [1.29, 1.82) is 5.26 Å². The Bertz CT molecular complexity index is 1110. The molecule has 25 heavy (non-hydrogen) atoms. The molecule has 128 valence electrons. The average molecular weight is 378 g/mol. The van der Waals surface area contributed by atoms with Gasteiger partial charge in [-0.15, -0.1) is 0 Å². The van der Waals surface area contributed by atoms with Crippen LogP contribution in [0.4, 0.5) is 5.69 Å². The Balaban J connectivity index is 1.70. The fourth-order valence-electron chi connectivity index (χ4n) is 2.62. The Morgan fingerprint density at radius 3 is 2.92 bits per heavy atom. The van der Waals surface area contributed by atoms with Crippen LogP contribution in [-0.2, 0) is 14.8 Å². The van der Waals surface area contributed by atoms with Crippen LogP contribution in [0.1, 0.15) is 11.6 Å². The molecule has 2 aromatic heterocycles. The first-order valence-electron chi connectivity index (χ1n) is 7.34. The van der Waals surface area contributed by atoms with Crippen LogP contribution in [0.25, 0.3) is 10.9 Å². The predicted molar refractivity (Wildman–Crippen MR) is 90.9 cm³/mol. The van der Waals surface area contributed by atoms with Gasteiger partial charge in [0.25, 0.3) is 10.0 Å². The van der Waals surface area contributed by atoms with E-state index in [-0.39, 0.29) is 10.9 Å². The zero-order valence-electron chi connectivity index (χ0n) is 12.7. The topological polar surface area (TPSA) is 113 Å². The molecular weight excluding hydrogens is 366 g/mol. The van der Waals surface area contributed by atoms with Crippen LogP contribution >= 0.6 is 11.6 Å². The van der Waals surface area contributed by atoms with Crippen LogP contribution in [0.2, 0.25) is 5.02 Å². The van der Waals surface area contributed by atoms with Crippen molar-refractivity contribution >= 4 is 38.2 Å². The lowest BCUT2D eigenvalue weighted by molar-refractivity contribution is -0.0287. The second kappa shape index (κ2) is 5.77. The molecule has 4 rings (SSSR count). The van der Waals surface area contributed by atoms with Crippen LogP contribution in [0.15, 0.2) is 35.6 Å². The SMILES string of the molecule is N#Cc1c[nH]c2c(NS(=O)(=O)c3cnn(C4COC4)c3)ccc(Cl)c12. The minimum atomic E-state index is -3.83. The van der Waals surface area contributed by atoms with Gasteiger partial charge in [0.2, 0.25) is 0 Å². The van der Waals surface area contributed by atoms with Crippen LogP contribution in [0.5, 0.6) is 0 Å². The van der Waals surface area contributed by atoms with Crippen molar-refractivity contribution in [2.45, 2.75) is 10.9 Å². The smallest absolute Gasteiger partial charge is 0.265 e. The molecule has 0 aliphatic carbocycles. The molecular formula is C15H12ClN5O3S. The summed E-state index contributed by atoms with van der Waals surface area (Å²) >= 11 is 6.13. The summed E-state index contributed by atoms with van der Waals surface area (Å²) in [7, 11) is -3.83. The van der Waals surface area contributed by atoms with Crippen molar-refractivity contribution in [3.05, 3.63) is 41.3 Å². The number of nitriles is 1. The Kier molecular flexibility index (Phi) is 3.68. The number of hydrogen-bond donors (Lipinski definition) is 2. The maximum absolute atomic E-state index is 12.6. The van der Waals surface area contributed by atoms with Crippen molar-refractivity contribution in [3.8, 4) is 6.07 Å². The van der Waals surface area contributed by atoms with Crippen LogP contribution in [-0.4, -0.2) is 36.4 Å². The number of sulfonamides is 1. The van der Waals surface area contributed by atoms with Gasteiger partial charge in [-0.2, -0.15) is 10.4 Å². The third-order valence-electron chi connectivity index (χ3n) is 4.03. The highest BCUT2D eigenvalue weighted by Gasteiger charge is 2.25. The number of nitrogens with zero attached hydrogens (tertiary/aromatic N) is 3. The van der Waals surface area contributed by atoms with E-state index in [4.69, 9.17) is 21.6 Å². The molecule has 1 aliphatic rings. The number of anilines is 1. The number of aromatic amines is 1. The van der Waals surface area contributed by atoms with Gasteiger partial charge in [0.15, 0.2) is 0 Å². The minimum absolute atomic E-state index is 0.0505. The summed E-state index contributed by atoms with van der Waals surface area (Å²) in [6.45, 7) is 1.04. The molecule has 0 radical (unpaired) electrons. The second-order valence-corrected chi connectivity index (χ2v) is 7.70. The summed E-state index contributed by atoms with van der Waals surface area (Å²) in [5, 5.41) is 14.1. The van der Waals surface area contributed by atoms with Gasteiger partial charge in [-0.25, -0.2) is 8.42 Å². The van der Waals surface area contributed by atoms with Crippen molar-refractivity contribution in [3.63, 3.8) is 0 Å². The number of aromatic nitrogens is 3. The van der Waals surface area contributed by atoms with E-state index in [1.807, 2.05) is 6.07 Å². The molecule has 0 bridgehead atoms. The maximum Gasteiger partial charge on any atom is 0.265 e. The van der Waals surface area contributed by atoms with Gasteiger partial charge in [-0.05, 0) is 12.1 Å². The Morgan fingerprint density at radius 2 is 2.24 bits per heavy atom. The van der Waals surface area contributed by atoms with Gasteiger partial charge in [0.05, 0.1) is 47.2 Å². The largest absolute Gasteiger partial charge is 0.377 e. The van der Waals surface area contributed by atoms with E-state index in [1.165, 1.54) is 18.6 Å². The highest BCUT2D eigenvalue weighted by atomic mass is 35.5. The Morgan fingerprint density at radius 1 is 1.44 bits per heavy atom.